The second-order valence-electron chi connectivity index (χ2n) is 6.47. The molecular formula is C18H28N2O. The topological polar surface area (TPSA) is 24.5 Å². The number of likely N-dealkylation sites (tertiary alicyclic amines) is 1. The van der Waals surface area contributed by atoms with Crippen molar-refractivity contribution in [3.05, 3.63) is 29.3 Å². The van der Waals surface area contributed by atoms with Crippen LogP contribution in [-0.4, -0.2) is 37.2 Å². The summed E-state index contributed by atoms with van der Waals surface area (Å²) in [5.41, 5.74) is 2.56. The van der Waals surface area contributed by atoms with Gasteiger partial charge in [-0.15, -0.1) is 0 Å². The van der Waals surface area contributed by atoms with Gasteiger partial charge in [0.15, 0.2) is 0 Å². The summed E-state index contributed by atoms with van der Waals surface area (Å²) in [6.07, 6.45) is 6.53. The molecule has 1 N–H and O–H groups in total. The summed E-state index contributed by atoms with van der Waals surface area (Å²) < 4.78 is 6.11. The number of benzene rings is 1. The predicted molar refractivity (Wildman–Crippen MR) is 86.8 cm³/mol. The first-order valence-corrected chi connectivity index (χ1v) is 8.50. The van der Waals surface area contributed by atoms with E-state index in [-0.39, 0.29) is 0 Å². The van der Waals surface area contributed by atoms with E-state index in [4.69, 9.17) is 4.74 Å². The summed E-state index contributed by atoms with van der Waals surface area (Å²) in [5.74, 6) is 1.10. The van der Waals surface area contributed by atoms with E-state index in [0.717, 1.165) is 31.4 Å². The highest BCUT2D eigenvalue weighted by Crippen LogP contribution is 2.25. The monoisotopic (exact) mass is 288 g/mol. The normalized spacial score (nSPS) is 19.1. The van der Waals surface area contributed by atoms with Gasteiger partial charge in [-0.3, -0.25) is 0 Å². The predicted octanol–water partition coefficient (Wildman–Crippen LogP) is 3.11. The second-order valence-corrected chi connectivity index (χ2v) is 6.47. The molecule has 2 fully saturated rings. The molecule has 0 atom stereocenters. The maximum atomic E-state index is 6.11. The van der Waals surface area contributed by atoms with Gasteiger partial charge in [0.25, 0.3) is 0 Å². The van der Waals surface area contributed by atoms with Crippen LogP contribution in [0.1, 0.15) is 43.2 Å². The molecule has 0 amide bonds. The van der Waals surface area contributed by atoms with Crippen LogP contribution in [0.5, 0.6) is 5.75 Å². The minimum absolute atomic E-state index is 0.744. The number of nitrogens with one attached hydrogen (secondary N) is 1. The third kappa shape index (κ3) is 4.45. The van der Waals surface area contributed by atoms with Gasteiger partial charge in [-0.05, 0) is 57.7 Å². The first-order valence-electron chi connectivity index (χ1n) is 8.50. The lowest BCUT2D eigenvalue weighted by Crippen LogP contribution is -2.22. The van der Waals surface area contributed by atoms with E-state index in [0.29, 0.717) is 0 Å². The molecule has 0 spiro atoms. The number of hydrogen-bond acceptors (Lipinski definition) is 3. The van der Waals surface area contributed by atoms with Gasteiger partial charge >= 0.3 is 0 Å². The Hall–Kier alpha value is -1.06. The maximum Gasteiger partial charge on any atom is 0.126 e. The summed E-state index contributed by atoms with van der Waals surface area (Å²) in [5, 5.41) is 3.59. The zero-order chi connectivity index (χ0) is 14.5. The Morgan fingerprint density at radius 3 is 2.81 bits per heavy atom. The average Bonchev–Trinajstić information content (AvgIpc) is 3.17. The number of nitrogens with zero attached hydrogens (tertiary/aromatic N) is 1. The highest BCUT2D eigenvalue weighted by atomic mass is 16.5. The Labute approximate surface area is 128 Å². The van der Waals surface area contributed by atoms with Crippen molar-refractivity contribution in [1.82, 2.24) is 10.2 Å². The summed E-state index contributed by atoms with van der Waals surface area (Å²) in [6, 6.07) is 7.22. The first-order chi connectivity index (χ1) is 10.3. The van der Waals surface area contributed by atoms with Crippen molar-refractivity contribution in [2.24, 2.45) is 0 Å². The molecule has 1 aliphatic carbocycles. The molecule has 0 unspecified atom stereocenters. The van der Waals surface area contributed by atoms with Crippen LogP contribution in [0.2, 0.25) is 0 Å². The van der Waals surface area contributed by atoms with Gasteiger partial charge in [0.1, 0.15) is 5.75 Å². The quantitative estimate of drug-likeness (QED) is 0.744. The largest absolute Gasteiger partial charge is 0.493 e. The Kier molecular flexibility index (Phi) is 5.15. The van der Waals surface area contributed by atoms with Crippen molar-refractivity contribution >= 4 is 0 Å². The fourth-order valence-corrected chi connectivity index (χ4v) is 3.07. The Morgan fingerprint density at radius 1 is 1.24 bits per heavy atom. The lowest BCUT2D eigenvalue weighted by molar-refractivity contribution is 0.260. The standard InChI is InChI=1S/C18H28N2O/c1-15-6-4-7-16(14-19-17-8-9-17)18(15)21-13-5-12-20-10-2-3-11-20/h4,6-7,17,19H,2-3,5,8-14H2,1H3. The van der Waals surface area contributed by atoms with Crippen molar-refractivity contribution < 1.29 is 4.74 Å². The van der Waals surface area contributed by atoms with E-state index in [1.165, 1.54) is 56.4 Å². The van der Waals surface area contributed by atoms with Crippen LogP contribution in [0.25, 0.3) is 0 Å². The van der Waals surface area contributed by atoms with Gasteiger partial charge in [-0.25, -0.2) is 0 Å². The van der Waals surface area contributed by atoms with Crippen molar-refractivity contribution in [3.63, 3.8) is 0 Å². The minimum atomic E-state index is 0.744. The molecule has 2 aliphatic rings. The van der Waals surface area contributed by atoms with E-state index in [2.05, 4.69) is 35.3 Å². The summed E-state index contributed by atoms with van der Waals surface area (Å²) in [6.45, 7) is 7.66. The molecule has 1 heterocycles. The number of aryl methyl sites for hydroxylation is 1. The highest BCUT2D eigenvalue weighted by molar-refractivity contribution is 5.40. The Morgan fingerprint density at radius 2 is 2.05 bits per heavy atom. The summed E-state index contributed by atoms with van der Waals surface area (Å²) in [7, 11) is 0. The van der Waals surface area contributed by atoms with Crippen LogP contribution in [0.15, 0.2) is 18.2 Å². The summed E-state index contributed by atoms with van der Waals surface area (Å²) >= 11 is 0. The van der Waals surface area contributed by atoms with Crippen LogP contribution in [0, 0.1) is 6.92 Å². The van der Waals surface area contributed by atoms with E-state index < -0.39 is 0 Å². The molecule has 0 aromatic heterocycles. The van der Waals surface area contributed by atoms with Crippen LogP contribution >= 0.6 is 0 Å². The molecule has 3 nitrogen and oxygen atoms in total. The smallest absolute Gasteiger partial charge is 0.126 e. The van der Waals surface area contributed by atoms with Gasteiger partial charge < -0.3 is 15.0 Å². The number of ether oxygens (including phenoxy) is 1. The van der Waals surface area contributed by atoms with E-state index in [1.54, 1.807) is 0 Å². The highest BCUT2D eigenvalue weighted by Gasteiger charge is 2.20. The third-order valence-corrected chi connectivity index (χ3v) is 4.52. The zero-order valence-corrected chi connectivity index (χ0v) is 13.2. The Bertz CT molecular complexity index is 451. The van der Waals surface area contributed by atoms with E-state index in [1.807, 2.05) is 0 Å². The number of para-hydroxylation sites is 1. The molecule has 0 radical (unpaired) electrons. The average molecular weight is 288 g/mol. The van der Waals surface area contributed by atoms with E-state index in [9.17, 15) is 0 Å². The molecule has 1 saturated carbocycles. The minimum Gasteiger partial charge on any atom is -0.493 e. The van der Waals surface area contributed by atoms with Crippen molar-refractivity contribution in [1.29, 1.82) is 0 Å². The number of hydrogen-bond donors (Lipinski definition) is 1. The molecule has 1 aliphatic heterocycles. The van der Waals surface area contributed by atoms with E-state index >= 15 is 0 Å². The molecule has 3 heteroatoms. The molecule has 0 bridgehead atoms. The fourth-order valence-electron chi connectivity index (χ4n) is 3.07. The lowest BCUT2D eigenvalue weighted by atomic mass is 10.1. The lowest BCUT2D eigenvalue weighted by Gasteiger charge is -2.17. The fraction of sp³-hybridized carbons (Fsp3) is 0.667. The molecular weight excluding hydrogens is 260 g/mol. The number of rotatable bonds is 8. The molecule has 1 aromatic rings. The van der Waals surface area contributed by atoms with Crippen molar-refractivity contribution in [2.45, 2.75) is 51.6 Å². The Balaban J connectivity index is 1.47. The molecule has 21 heavy (non-hydrogen) atoms. The van der Waals surface area contributed by atoms with Gasteiger partial charge in [0.2, 0.25) is 0 Å². The van der Waals surface area contributed by atoms with Gasteiger partial charge in [-0.1, -0.05) is 18.2 Å². The molecule has 3 rings (SSSR count). The van der Waals surface area contributed by atoms with Gasteiger partial charge in [0, 0.05) is 24.7 Å². The van der Waals surface area contributed by atoms with Gasteiger partial charge in [0.05, 0.1) is 6.61 Å². The SMILES string of the molecule is Cc1cccc(CNC2CC2)c1OCCCN1CCCC1. The first kappa shape index (κ1) is 14.9. The van der Waals surface area contributed by atoms with Gasteiger partial charge in [-0.2, -0.15) is 0 Å². The molecule has 1 saturated heterocycles. The van der Waals surface area contributed by atoms with Crippen molar-refractivity contribution in [3.8, 4) is 5.75 Å². The van der Waals surface area contributed by atoms with Crippen LogP contribution in [0.4, 0.5) is 0 Å². The summed E-state index contributed by atoms with van der Waals surface area (Å²) in [4.78, 5) is 2.55. The maximum absolute atomic E-state index is 6.11. The van der Waals surface area contributed by atoms with Crippen LogP contribution in [0.3, 0.4) is 0 Å². The zero-order valence-electron chi connectivity index (χ0n) is 13.2. The second kappa shape index (κ2) is 7.28. The molecule has 116 valence electrons. The van der Waals surface area contributed by atoms with Crippen LogP contribution in [-0.2, 0) is 6.54 Å². The van der Waals surface area contributed by atoms with Crippen LogP contribution < -0.4 is 10.1 Å². The van der Waals surface area contributed by atoms with Crippen molar-refractivity contribution in [2.75, 3.05) is 26.2 Å². The molecule has 1 aromatic carbocycles. The third-order valence-electron chi connectivity index (χ3n) is 4.52.